The predicted molar refractivity (Wildman–Crippen MR) is 107 cm³/mol. The number of hydrogen-bond donors (Lipinski definition) is 1. The molecule has 0 radical (unpaired) electrons. The average Bonchev–Trinajstić information content (AvgIpc) is 3.13. The molecule has 134 valence electrons. The molecule has 1 saturated heterocycles. The largest absolute Gasteiger partial charge is 0.369 e. The van der Waals surface area contributed by atoms with Crippen LogP contribution in [0.25, 0.3) is 11.3 Å². The van der Waals surface area contributed by atoms with Crippen molar-refractivity contribution in [2.45, 2.75) is 20.4 Å². The average molecular weight is 346 g/mol. The van der Waals surface area contributed by atoms with Crippen LogP contribution in [0.2, 0.25) is 0 Å². The minimum Gasteiger partial charge on any atom is -0.369 e. The molecule has 0 aliphatic carbocycles. The van der Waals surface area contributed by atoms with E-state index in [1.807, 2.05) is 6.20 Å². The summed E-state index contributed by atoms with van der Waals surface area (Å²) in [4.78, 5) is 4.99. The van der Waals surface area contributed by atoms with Crippen LogP contribution in [0.3, 0.4) is 0 Å². The van der Waals surface area contributed by atoms with Gasteiger partial charge < -0.3 is 4.90 Å². The summed E-state index contributed by atoms with van der Waals surface area (Å²) in [5.74, 6) is 0. The van der Waals surface area contributed by atoms with E-state index in [9.17, 15) is 0 Å². The lowest BCUT2D eigenvalue weighted by Crippen LogP contribution is -2.45. The zero-order valence-corrected chi connectivity index (χ0v) is 15.6. The number of benzene rings is 2. The Morgan fingerprint density at radius 3 is 2.42 bits per heavy atom. The van der Waals surface area contributed by atoms with Gasteiger partial charge in [-0.2, -0.15) is 5.10 Å². The summed E-state index contributed by atoms with van der Waals surface area (Å²) in [6.07, 6.45) is 1.98. The number of H-pyrrole nitrogens is 1. The van der Waals surface area contributed by atoms with E-state index in [2.05, 4.69) is 82.4 Å². The number of hydrogen-bond acceptors (Lipinski definition) is 3. The molecular formula is C22H26N4. The van der Waals surface area contributed by atoms with Crippen molar-refractivity contribution < 1.29 is 0 Å². The monoisotopic (exact) mass is 346 g/mol. The van der Waals surface area contributed by atoms with E-state index in [0.717, 1.165) is 38.4 Å². The van der Waals surface area contributed by atoms with Crippen molar-refractivity contribution in [1.29, 1.82) is 0 Å². The molecule has 3 aromatic rings. The summed E-state index contributed by atoms with van der Waals surface area (Å²) in [5.41, 5.74) is 7.63. The number of piperazine rings is 1. The number of rotatable bonds is 4. The van der Waals surface area contributed by atoms with Crippen LogP contribution < -0.4 is 4.90 Å². The Morgan fingerprint density at radius 2 is 1.69 bits per heavy atom. The van der Waals surface area contributed by atoms with Crippen LogP contribution in [0.5, 0.6) is 0 Å². The first kappa shape index (κ1) is 16.9. The Hall–Kier alpha value is -2.59. The SMILES string of the molecule is Cc1ccc(-c2[nH]ncc2CN2CCN(c3ccccc3)CC2)cc1C. The van der Waals surface area contributed by atoms with Gasteiger partial charge in [0.2, 0.25) is 0 Å². The smallest absolute Gasteiger partial charge is 0.0695 e. The van der Waals surface area contributed by atoms with Gasteiger partial charge in [0.05, 0.1) is 11.9 Å². The van der Waals surface area contributed by atoms with Crippen LogP contribution in [0.15, 0.2) is 54.7 Å². The summed E-state index contributed by atoms with van der Waals surface area (Å²) < 4.78 is 0. The molecule has 26 heavy (non-hydrogen) atoms. The van der Waals surface area contributed by atoms with Gasteiger partial charge in [-0.1, -0.05) is 30.3 Å². The van der Waals surface area contributed by atoms with Gasteiger partial charge in [-0.25, -0.2) is 0 Å². The summed E-state index contributed by atoms with van der Waals surface area (Å²) in [6, 6.07) is 17.3. The first-order valence-electron chi connectivity index (χ1n) is 9.33. The minimum atomic E-state index is 0.946. The number of nitrogens with one attached hydrogen (secondary N) is 1. The molecule has 1 N–H and O–H groups in total. The zero-order valence-electron chi connectivity index (χ0n) is 15.6. The summed E-state index contributed by atoms with van der Waals surface area (Å²) in [6.45, 7) is 9.55. The second-order valence-electron chi connectivity index (χ2n) is 7.17. The van der Waals surface area contributed by atoms with Crippen LogP contribution in [-0.4, -0.2) is 41.3 Å². The van der Waals surface area contributed by atoms with Gasteiger partial charge in [0.15, 0.2) is 0 Å². The second-order valence-corrected chi connectivity index (χ2v) is 7.17. The number of para-hydroxylation sites is 1. The summed E-state index contributed by atoms with van der Waals surface area (Å²) in [7, 11) is 0. The quantitative estimate of drug-likeness (QED) is 0.775. The maximum atomic E-state index is 4.32. The minimum absolute atomic E-state index is 0.946. The van der Waals surface area contributed by atoms with Gasteiger partial charge >= 0.3 is 0 Å². The molecule has 4 rings (SSSR count). The van der Waals surface area contributed by atoms with Crippen molar-refractivity contribution >= 4 is 5.69 Å². The highest BCUT2D eigenvalue weighted by Gasteiger charge is 2.19. The molecule has 4 heteroatoms. The molecule has 2 aromatic carbocycles. The van der Waals surface area contributed by atoms with Crippen LogP contribution in [0.4, 0.5) is 5.69 Å². The van der Waals surface area contributed by atoms with E-state index >= 15 is 0 Å². The highest BCUT2D eigenvalue weighted by atomic mass is 15.3. The van der Waals surface area contributed by atoms with E-state index in [1.54, 1.807) is 0 Å². The highest BCUT2D eigenvalue weighted by Crippen LogP contribution is 2.25. The van der Waals surface area contributed by atoms with Gasteiger partial charge in [0.1, 0.15) is 0 Å². The fraction of sp³-hybridized carbons (Fsp3) is 0.318. The molecule has 2 heterocycles. The van der Waals surface area contributed by atoms with Crippen molar-refractivity contribution in [3.05, 3.63) is 71.4 Å². The van der Waals surface area contributed by atoms with Crippen molar-refractivity contribution in [3.63, 3.8) is 0 Å². The van der Waals surface area contributed by atoms with Crippen molar-refractivity contribution in [2.75, 3.05) is 31.1 Å². The molecule has 0 saturated carbocycles. The number of aryl methyl sites for hydroxylation is 2. The fourth-order valence-corrected chi connectivity index (χ4v) is 3.62. The molecule has 0 atom stereocenters. The molecule has 0 amide bonds. The van der Waals surface area contributed by atoms with Crippen molar-refractivity contribution in [3.8, 4) is 11.3 Å². The molecule has 0 spiro atoms. The molecule has 1 aliphatic heterocycles. The Labute approximate surface area is 155 Å². The lowest BCUT2D eigenvalue weighted by Gasteiger charge is -2.36. The molecule has 1 aliphatic rings. The third-order valence-electron chi connectivity index (χ3n) is 5.40. The first-order chi connectivity index (χ1) is 12.7. The maximum absolute atomic E-state index is 4.32. The third kappa shape index (κ3) is 3.51. The molecular weight excluding hydrogens is 320 g/mol. The molecule has 1 aromatic heterocycles. The summed E-state index contributed by atoms with van der Waals surface area (Å²) in [5, 5.41) is 7.52. The maximum Gasteiger partial charge on any atom is 0.0695 e. The lowest BCUT2D eigenvalue weighted by atomic mass is 10.0. The highest BCUT2D eigenvalue weighted by molar-refractivity contribution is 5.64. The van der Waals surface area contributed by atoms with Crippen molar-refractivity contribution in [2.24, 2.45) is 0 Å². The topological polar surface area (TPSA) is 35.2 Å². The van der Waals surface area contributed by atoms with Crippen LogP contribution in [0.1, 0.15) is 16.7 Å². The Bertz CT molecular complexity index is 861. The number of aromatic amines is 1. The number of nitrogens with zero attached hydrogens (tertiary/aromatic N) is 3. The fourth-order valence-electron chi connectivity index (χ4n) is 3.62. The van der Waals surface area contributed by atoms with Gasteiger partial charge in [0, 0.05) is 49.5 Å². The van der Waals surface area contributed by atoms with Gasteiger partial charge in [-0.15, -0.1) is 0 Å². The van der Waals surface area contributed by atoms with Gasteiger partial charge in [-0.3, -0.25) is 10.00 Å². The molecule has 4 nitrogen and oxygen atoms in total. The van der Waals surface area contributed by atoms with E-state index in [0.29, 0.717) is 0 Å². The van der Waals surface area contributed by atoms with Gasteiger partial charge in [0.25, 0.3) is 0 Å². The van der Waals surface area contributed by atoms with E-state index in [1.165, 1.54) is 27.9 Å². The van der Waals surface area contributed by atoms with Crippen molar-refractivity contribution in [1.82, 2.24) is 15.1 Å². The number of anilines is 1. The van der Waals surface area contributed by atoms with E-state index in [4.69, 9.17) is 0 Å². The van der Waals surface area contributed by atoms with Gasteiger partial charge in [-0.05, 0) is 43.2 Å². The Morgan fingerprint density at radius 1 is 0.923 bits per heavy atom. The molecule has 1 fully saturated rings. The van der Waals surface area contributed by atoms with Crippen LogP contribution in [-0.2, 0) is 6.54 Å². The zero-order chi connectivity index (χ0) is 17.9. The standard InChI is InChI=1S/C22H26N4/c1-17-8-9-19(14-18(17)2)22-20(15-23-24-22)16-25-10-12-26(13-11-25)21-6-4-3-5-7-21/h3-9,14-15H,10-13,16H2,1-2H3,(H,23,24). The molecule has 0 bridgehead atoms. The Kier molecular flexibility index (Phi) is 4.76. The Balaban J connectivity index is 1.43. The van der Waals surface area contributed by atoms with E-state index in [-0.39, 0.29) is 0 Å². The van der Waals surface area contributed by atoms with Crippen LogP contribution in [0, 0.1) is 13.8 Å². The second kappa shape index (κ2) is 7.34. The first-order valence-corrected chi connectivity index (χ1v) is 9.33. The molecule has 0 unspecified atom stereocenters. The lowest BCUT2D eigenvalue weighted by molar-refractivity contribution is 0.250. The summed E-state index contributed by atoms with van der Waals surface area (Å²) >= 11 is 0. The predicted octanol–water partition coefficient (Wildman–Crippen LogP) is 4.02. The number of aromatic nitrogens is 2. The van der Waals surface area contributed by atoms with Crippen LogP contribution >= 0.6 is 0 Å². The normalized spacial score (nSPS) is 15.4. The third-order valence-corrected chi connectivity index (χ3v) is 5.40. The van der Waals surface area contributed by atoms with E-state index < -0.39 is 0 Å².